The number of aliphatic hydroxyl groups is 1. The molecule has 2 aliphatic heterocycles. The van der Waals surface area contributed by atoms with Gasteiger partial charge in [0.1, 0.15) is 5.41 Å². The molecular weight excluding hydrogens is 184 g/mol. The zero-order valence-electron chi connectivity index (χ0n) is 7.95. The number of aliphatic carboxylic acids is 1. The van der Waals surface area contributed by atoms with Crippen LogP contribution in [0, 0.1) is 5.41 Å². The highest BCUT2D eigenvalue weighted by molar-refractivity contribution is 5.80. The fourth-order valence-corrected chi connectivity index (χ4v) is 3.52. The van der Waals surface area contributed by atoms with Gasteiger partial charge in [0.25, 0.3) is 0 Å². The van der Waals surface area contributed by atoms with Crippen molar-refractivity contribution in [3.63, 3.8) is 0 Å². The van der Waals surface area contributed by atoms with Crippen molar-refractivity contribution in [1.29, 1.82) is 0 Å². The van der Waals surface area contributed by atoms with Crippen LogP contribution >= 0.6 is 0 Å². The lowest BCUT2D eigenvalue weighted by Gasteiger charge is -2.47. The number of carbonyl (C=O) groups is 1. The molecule has 14 heavy (non-hydrogen) atoms. The first kappa shape index (κ1) is 8.68. The minimum Gasteiger partial charge on any atom is -0.481 e. The molecule has 2 N–H and O–H groups in total. The maximum absolute atomic E-state index is 11.3. The summed E-state index contributed by atoms with van der Waals surface area (Å²) in [5.41, 5.74) is -1.62. The van der Waals surface area contributed by atoms with Gasteiger partial charge in [0.2, 0.25) is 0 Å². The van der Waals surface area contributed by atoms with Gasteiger partial charge in [-0.2, -0.15) is 0 Å². The topological polar surface area (TPSA) is 66.8 Å². The molecule has 4 aliphatic rings. The van der Waals surface area contributed by atoms with Crippen LogP contribution in [0.3, 0.4) is 0 Å². The number of ether oxygens (including phenoxy) is 1. The molecule has 4 rings (SSSR count). The van der Waals surface area contributed by atoms with E-state index in [1.807, 2.05) is 0 Å². The van der Waals surface area contributed by atoms with Crippen LogP contribution in [-0.2, 0) is 9.53 Å². The lowest BCUT2D eigenvalue weighted by atomic mass is 9.51. The molecule has 0 aromatic heterocycles. The van der Waals surface area contributed by atoms with Gasteiger partial charge in [-0.25, -0.2) is 0 Å². The molecule has 0 unspecified atom stereocenters. The van der Waals surface area contributed by atoms with E-state index >= 15 is 0 Å². The van der Waals surface area contributed by atoms with Gasteiger partial charge in [-0.15, -0.1) is 0 Å². The van der Waals surface area contributed by atoms with Crippen LogP contribution < -0.4 is 0 Å². The van der Waals surface area contributed by atoms with Gasteiger partial charge in [-0.3, -0.25) is 4.79 Å². The Hall–Kier alpha value is -0.610. The first-order valence-corrected chi connectivity index (χ1v) is 5.13. The van der Waals surface area contributed by atoms with Crippen molar-refractivity contribution < 1.29 is 19.7 Å². The van der Waals surface area contributed by atoms with Crippen molar-refractivity contribution in [2.24, 2.45) is 5.41 Å². The molecule has 2 bridgehead atoms. The van der Waals surface area contributed by atoms with Gasteiger partial charge < -0.3 is 14.9 Å². The van der Waals surface area contributed by atoms with Crippen molar-refractivity contribution in [3.05, 3.63) is 0 Å². The molecule has 2 heterocycles. The molecule has 2 saturated heterocycles. The molecule has 2 saturated carbocycles. The summed E-state index contributed by atoms with van der Waals surface area (Å²) in [6.07, 6.45) is 3.76. The van der Waals surface area contributed by atoms with E-state index in [-0.39, 0.29) is 6.61 Å². The number of carboxylic acid groups (broad SMARTS) is 1. The highest BCUT2D eigenvalue weighted by Crippen LogP contribution is 2.71. The van der Waals surface area contributed by atoms with Gasteiger partial charge >= 0.3 is 5.97 Å². The third-order valence-corrected chi connectivity index (χ3v) is 4.39. The van der Waals surface area contributed by atoms with E-state index in [1.54, 1.807) is 0 Å². The number of aliphatic hydroxyl groups excluding tert-OH is 1. The second-order valence-electron chi connectivity index (χ2n) is 5.03. The van der Waals surface area contributed by atoms with Crippen LogP contribution in [0.4, 0.5) is 0 Å². The number of rotatable bonds is 2. The first-order valence-electron chi connectivity index (χ1n) is 5.13. The molecular formula is C10H14O4. The van der Waals surface area contributed by atoms with Crippen LogP contribution in [0.1, 0.15) is 32.1 Å². The fourth-order valence-electron chi connectivity index (χ4n) is 3.52. The highest BCUT2D eigenvalue weighted by Gasteiger charge is 2.79. The summed E-state index contributed by atoms with van der Waals surface area (Å²) in [6, 6.07) is 0. The highest BCUT2D eigenvalue weighted by atomic mass is 16.6. The molecule has 4 nitrogen and oxygen atoms in total. The molecule has 0 aromatic rings. The third-order valence-electron chi connectivity index (χ3n) is 4.39. The van der Waals surface area contributed by atoms with Gasteiger partial charge in [0.05, 0.1) is 17.8 Å². The van der Waals surface area contributed by atoms with E-state index in [1.165, 1.54) is 0 Å². The normalized spacial score (nSPS) is 47.2. The average Bonchev–Trinajstić information content (AvgIpc) is 2.47. The lowest BCUT2D eigenvalue weighted by molar-refractivity contribution is -0.163. The Morgan fingerprint density at radius 2 is 2.00 bits per heavy atom. The first-order chi connectivity index (χ1) is 6.58. The molecule has 4 heteroatoms. The molecule has 0 amide bonds. The van der Waals surface area contributed by atoms with Crippen LogP contribution in [0.25, 0.3) is 0 Å². The smallest absolute Gasteiger partial charge is 0.312 e. The van der Waals surface area contributed by atoms with Crippen molar-refractivity contribution in [2.75, 3.05) is 6.61 Å². The van der Waals surface area contributed by atoms with Gasteiger partial charge in [-0.1, -0.05) is 0 Å². The van der Waals surface area contributed by atoms with E-state index < -0.39 is 22.6 Å². The maximum Gasteiger partial charge on any atom is 0.312 e. The summed E-state index contributed by atoms with van der Waals surface area (Å²) in [4.78, 5) is 11.3. The SMILES string of the molecule is O=C(O)C12CC(CO)(C1)OC21CCC1. The van der Waals surface area contributed by atoms with E-state index in [0.717, 1.165) is 19.3 Å². The average molecular weight is 198 g/mol. The Morgan fingerprint density at radius 3 is 2.29 bits per heavy atom. The standard InChI is InChI=1S/C10H14O4/c11-6-8-4-9(5-8,7(12)13)10(14-8)2-1-3-10/h11H,1-6H2,(H,12,13). The number of hydrogen-bond acceptors (Lipinski definition) is 3. The van der Waals surface area contributed by atoms with Gasteiger partial charge in [0.15, 0.2) is 0 Å². The molecule has 0 radical (unpaired) electrons. The largest absolute Gasteiger partial charge is 0.481 e. The predicted octanol–water partition coefficient (Wildman–Crippen LogP) is 0.535. The summed E-state index contributed by atoms with van der Waals surface area (Å²) in [7, 11) is 0. The van der Waals surface area contributed by atoms with Crippen LogP contribution in [-0.4, -0.2) is 34.0 Å². The Kier molecular flexibility index (Phi) is 1.33. The Labute approximate surface area is 81.9 Å². The lowest BCUT2D eigenvalue weighted by Crippen LogP contribution is -2.57. The minimum absolute atomic E-state index is 0.0379. The van der Waals surface area contributed by atoms with E-state index in [4.69, 9.17) is 4.74 Å². The Bertz CT molecular complexity index is 299. The van der Waals surface area contributed by atoms with Crippen LogP contribution in [0.2, 0.25) is 0 Å². The summed E-state index contributed by atoms with van der Waals surface area (Å²) in [5, 5.41) is 18.5. The summed E-state index contributed by atoms with van der Waals surface area (Å²) >= 11 is 0. The third kappa shape index (κ3) is 0.653. The van der Waals surface area contributed by atoms with Crippen molar-refractivity contribution in [2.45, 2.75) is 43.3 Å². The van der Waals surface area contributed by atoms with Crippen LogP contribution in [0.5, 0.6) is 0 Å². The molecule has 0 atom stereocenters. The van der Waals surface area contributed by atoms with Gasteiger partial charge in [-0.05, 0) is 32.1 Å². The maximum atomic E-state index is 11.3. The van der Waals surface area contributed by atoms with Crippen molar-refractivity contribution >= 4 is 5.97 Å². The molecule has 2 aliphatic carbocycles. The van der Waals surface area contributed by atoms with E-state index in [0.29, 0.717) is 12.8 Å². The Morgan fingerprint density at radius 1 is 1.36 bits per heavy atom. The second-order valence-corrected chi connectivity index (χ2v) is 5.03. The quantitative estimate of drug-likeness (QED) is 0.679. The van der Waals surface area contributed by atoms with E-state index in [9.17, 15) is 15.0 Å². The number of carboxylic acids is 1. The zero-order valence-corrected chi connectivity index (χ0v) is 7.95. The molecule has 78 valence electrons. The van der Waals surface area contributed by atoms with Crippen molar-refractivity contribution in [1.82, 2.24) is 0 Å². The molecule has 0 aromatic carbocycles. The molecule has 1 spiro atoms. The van der Waals surface area contributed by atoms with Gasteiger partial charge in [0, 0.05) is 0 Å². The minimum atomic E-state index is -0.737. The Balaban J connectivity index is 1.98. The number of hydrogen-bond donors (Lipinski definition) is 2. The van der Waals surface area contributed by atoms with Crippen molar-refractivity contribution in [3.8, 4) is 0 Å². The van der Waals surface area contributed by atoms with Crippen LogP contribution in [0.15, 0.2) is 0 Å². The summed E-state index contributed by atoms with van der Waals surface area (Å²) in [6.45, 7) is -0.0379. The zero-order chi connectivity index (χ0) is 10.0. The monoisotopic (exact) mass is 198 g/mol. The summed E-state index contributed by atoms with van der Waals surface area (Å²) in [5.74, 6) is -0.737. The predicted molar refractivity (Wildman–Crippen MR) is 46.8 cm³/mol. The fraction of sp³-hybridized carbons (Fsp3) is 0.900. The second kappa shape index (κ2) is 2.14. The van der Waals surface area contributed by atoms with E-state index in [2.05, 4.69) is 0 Å². The summed E-state index contributed by atoms with van der Waals surface area (Å²) < 4.78 is 5.83. The molecule has 4 fully saturated rings.